The summed E-state index contributed by atoms with van der Waals surface area (Å²) in [6.45, 7) is 11.9. The molecule has 1 aliphatic carbocycles. The Bertz CT molecular complexity index is 2660. The molecule has 6 heterocycles. The number of anilines is 2. The van der Waals surface area contributed by atoms with Crippen LogP contribution >= 0.6 is 0 Å². The Balaban J connectivity index is 0.898. The molecule has 3 aromatic heterocycles. The first-order valence-electron chi connectivity index (χ1n) is 22.7. The third-order valence-corrected chi connectivity index (χ3v) is 15.5. The highest BCUT2D eigenvalue weighted by Crippen LogP contribution is 2.46. The van der Waals surface area contributed by atoms with Crippen LogP contribution in [0.2, 0.25) is 0 Å². The van der Waals surface area contributed by atoms with Crippen molar-refractivity contribution in [1.82, 2.24) is 24.6 Å². The van der Waals surface area contributed by atoms with E-state index in [0.717, 1.165) is 94.8 Å². The minimum absolute atomic E-state index is 0.0492. The summed E-state index contributed by atoms with van der Waals surface area (Å²) in [5.74, 6) is 0.368. The Kier molecular flexibility index (Phi) is 12.3. The zero-order valence-electron chi connectivity index (χ0n) is 37.2. The monoisotopic (exact) mass is 906 g/mol. The van der Waals surface area contributed by atoms with Crippen LogP contribution in [0.5, 0.6) is 11.5 Å². The Labute approximate surface area is 379 Å². The van der Waals surface area contributed by atoms with Crippen molar-refractivity contribution < 1.29 is 32.7 Å². The summed E-state index contributed by atoms with van der Waals surface area (Å²) < 4.78 is 41.9. The second-order valence-electron chi connectivity index (χ2n) is 19.1. The molecule has 2 aromatic carbocycles. The van der Waals surface area contributed by atoms with Gasteiger partial charge in [0.05, 0.1) is 35.1 Å². The number of rotatable bonds is 13. The minimum atomic E-state index is -4.63. The molecule has 65 heavy (non-hydrogen) atoms. The number of fused-ring (bicyclic) bond motifs is 1. The van der Waals surface area contributed by atoms with Crippen LogP contribution in [-0.2, 0) is 14.8 Å². The number of carbonyl (C=O) groups excluding carboxylic acids is 1. The van der Waals surface area contributed by atoms with Gasteiger partial charge in [0.1, 0.15) is 22.0 Å². The second-order valence-corrected chi connectivity index (χ2v) is 20.8. The molecule has 4 N–H and O–H groups in total. The fraction of sp³-hybridized carbons (Fsp3) is 0.479. The molecule has 5 aromatic rings. The van der Waals surface area contributed by atoms with Crippen LogP contribution < -0.4 is 19.7 Å². The van der Waals surface area contributed by atoms with E-state index in [4.69, 9.17) is 9.47 Å². The van der Waals surface area contributed by atoms with Gasteiger partial charge in [-0.2, -0.15) is 0 Å². The molecule has 1 unspecified atom stereocenters. The number of hydrogen-bond acceptors (Lipinski definition) is 13. The average Bonchev–Trinajstić information content (AvgIpc) is 3.76. The molecular formula is C48H58N8O8S. The standard InChI is InChI=1S/C48H58N8O8S/c1-31(2)37-6-4-5-7-38(37)40-28-63-21-13-41(40)55-29-48(30-55)16-19-54(20-17-48)34-8-9-39(43(23-34)64-35-22-33-12-18-49-44(33)51-26-35)46(57)53-65(61,62)36-24-42(56(59)60)45(52-27-36)50-25-32-10-14-47(3,58)15-11-32/h4-9,12,18,22-24,26-27,31-32,40-41,58H,10-11,13-17,19-21,25,28-30H2,1-3H3,(H,49,51)(H,50,52)(H,53,57)/t32?,40-,41?,47?/m0/s1. The first kappa shape index (κ1) is 44.6. The Morgan fingerprint density at radius 2 is 1.80 bits per heavy atom. The van der Waals surface area contributed by atoms with E-state index in [1.807, 2.05) is 6.07 Å². The van der Waals surface area contributed by atoms with Crippen LogP contribution in [0.25, 0.3) is 11.0 Å². The summed E-state index contributed by atoms with van der Waals surface area (Å²) in [6, 6.07) is 18.9. The Morgan fingerprint density at radius 1 is 1.03 bits per heavy atom. The number of nitro groups is 1. The van der Waals surface area contributed by atoms with Crippen molar-refractivity contribution >= 4 is 44.2 Å². The van der Waals surface area contributed by atoms with Gasteiger partial charge >= 0.3 is 5.69 Å². The van der Waals surface area contributed by atoms with Crippen LogP contribution in [0, 0.1) is 21.4 Å². The average molecular weight is 907 g/mol. The van der Waals surface area contributed by atoms with Crippen LogP contribution in [0.4, 0.5) is 17.2 Å². The number of benzene rings is 2. The molecule has 17 heteroatoms. The summed E-state index contributed by atoms with van der Waals surface area (Å²) in [6.07, 6.45) is 10.0. The van der Waals surface area contributed by atoms with Crippen molar-refractivity contribution in [2.75, 3.05) is 56.2 Å². The summed E-state index contributed by atoms with van der Waals surface area (Å²) in [4.78, 5) is 41.4. The summed E-state index contributed by atoms with van der Waals surface area (Å²) in [5, 5.41) is 26.2. The number of aromatic nitrogens is 3. The number of hydrogen-bond donors (Lipinski definition) is 4. The number of aromatic amines is 1. The number of nitrogens with zero attached hydrogens (tertiary/aromatic N) is 5. The highest BCUT2D eigenvalue weighted by Gasteiger charge is 2.49. The van der Waals surface area contributed by atoms with Gasteiger partial charge < -0.3 is 29.8 Å². The van der Waals surface area contributed by atoms with Crippen molar-refractivity contribution in [3.63, 3.8) is 0 Å². The maximum Gasteiger partial charge on any atom is 0.312 e. The van der Waals surface area contributed by atoms with Crippen LogP contribution in [0.3, 0.4) is 0 Å². The fourth-order valence-corrected chi connectivity index (χ4v) is 11.3. The lowest BCUT2D eigenvalue weighted by Gasteiger charge is -2.58. The lowest BCUT2D eigenvalue weighted by atomic mass is 9.69. The van der Waals surface area contributed by atoms with Crippen LogP contribution in [0.1, 0.15) is 99.0 Å². The number of H-pyrrole nitrogens is 1. The molecule has 0 bridgehead atoms. The maximum absolute atomic E-state index is 14.0. The van der Waals surface area contributed by atoms with E-state index in [-0.39, 0.29) is 28.5 Å². The van der Waals surface area contributed by atoms with Gasteiger partial charge in [-0.1, -0.05) is 38.1 Å². The number of pyridine rings is 2. The molecule has 0 radical (unpaired) electrons. The van der Waals surface area contributed by atoms with Gasteiger partial charge in [-0.3, -0.25) is 19.8 Å². The normalized spacial score (nSPS) is 23.6. The molecule has 1 saturated carbocycles. The molecule has 3 saturated heterocycles. The molecule has 4 aliphatic rings. The van der Waals surface area contributed by atoms with E-state index in [2.05, 4.69) is 72.9 Å². The largest absolute Gasteiger partial charge is 0.455 e. The maximum atomic E-state index is 14.0. The summed E-state index contributed by atoms with van der Waals surface area (Å²) in [7, 11) is -4.63. The molecule has 3 aliphatic heterocycles. The zero-order chi connectivity index (χ0) is 45.5. The molecular weight excluding hydrogens is 849 g/mol. The molecule has 1 spiro atoms. The van der Waals surface area contributed by atoms with Gasteiger partial charge in [-0.15, -0.1) is 0 Å². The van der Waals surface area contributed by atoms with Gasteiger partial charge in [0, 0.05) is 80.7 Å². The Morgan fingerprint density at radius 3 is 2.55 bits per heavy atom. The van der Waals surface area contributed by atoms with Gasteiger partial charge in [-0.25, -0.2) is 23.1 Å². The van der Waals surface area contributed by atoms with Crippen molar-refractivity contribution in [2.24, 2.45) is 11.3 Å². The van der Waals surface area contributed by atoms with E-state index in [9.17, 15) is 28.4 Å². The van der Waals surface area contributed by atoms with Gasteiger partial charge in [-0.05, 0) is 105 Å². The van der Waals surface area contributed by atoms with E-state index < -0.39 is 37.0 Å². The van der Waals surface area contributed by atoms with Crippen LogP contribution in [0.15, 0.2) is 84.1 Å². The molecule has 9 rings (SSSR count). The number of amides is 1. The Hall–Kier alpha value is -5.62. The number of ether oxygens (including phenoxy) is 2. The number of nitrogens with one attached hydrogen (secondary N) is 3. The lowest BCUT2D eigenvalue weighted by Crippen LogP contribution is -2.64. The number of aliphatic hydroxyl groups is 1. The zero-order valence-corrected chi connectivity index (χ0v) is 38.0. The smallest absolute Gasteiger partial charge is 0.312 e. The van der Waals surface area contributed by atoms with E-state index in [0.29, 0.717) is 48.7 Å². The number of carbonyl (C=O) groups is 1. The molecule has 2 atom stereocenters. The SMILES string of the molecule is CC(C)c1ccccc1[C@@H]1COCCC1N1CC2(CCN(c3ccc(C(=O)NS(=O)(=O)c4cnc(NCC5CCC(C)(O)CC5)c([N+](=O)[O-])c4)c(Oc4cnc5[nH]ccc5c4)c3)CC2)C1. The summed E-state index contributed by atoms with van der Waals surface area (Å²) >= 11 is 0. The minimum Gasteiger partial charge on any atom is -0.455 e. The van der Waals surface area contributed by atoms with E-state index in [1.54, 1.807) is 37.4 Å². The van der Waals surface area contributed by atoms with Crippen molar-refractivity contribution in [2.45, 2.75) is 94.1 Å². The van der Waals surface area contributed by atoms with Gasteiger partial charge in [0.25, 0.3) is 15.9 Å². The van der Waals surface area contributed by atoms with Gasteiger partial charge in [0.2, 0.25) is 5.82 Å². The number of piperidine rings is 1. The summed E-state index contributed by atoms with van der Waals surface area (Å²) in [5.41, 5.74) is 3.21. The van der Waals surface area contributed by atoms with E-state index in [1.165, 1.54) is 17.3 Å². The van der Waals surface area contributed by atoms with E-state index >= 15 is 0 Å². The highest BCUT2D eigenvalue weighted by atomic mass is 32.2. The second kappa shape index (κ2) is 18.0. The first-order valence-corrected chi connectivity index (χ1v) is 24.2. The third kappa shape index (κ3) is 9.55. The quantitative estimate of drug-likeness (QED) is 0.0661. The van der Waals surface area contributed by atoms with Crippen molar-refractivity contribution in [3.05, 3.63) is 106 Å². The topological polar surface area (TPSA) is 205 Å². The van der Waals surface area contributed by atoms with Crippen molar-refractivity contribution in [3.8, 4) is 11.5 Å². The molecule has 344 valence electrons. The predicted molar refractivity (Wildman–Crippen MR) is 247 cm³/mol. The fourth-order valence-electron chi connectivity index (χ4n) is 10.4. The number of likely N-dealkylation sites (tertiary alicyclic amines) is 1. The highest BCUT2D eigenvalue weighted by molar-refractivity contribution is 7.90. The van der Waals surface area contributed by atoms with Crippen molar-refractivity contribution in [1.29, 1.82) is 0 Å². The predicted octanol–water partition coefficient (Wildman–Crippen LogP) is 7.73. The lowest BCUT2D eigenvalue weighted by molar-refractivity contribution is -0.384. The van der Waals surface area contributed by atoms with Crippen LogP contribution in [-0.4, -0.2) is 102 Å². The first-order chi connectivity index (χ1) is 31.2. The van der Waals surface area contributed by atoms with Gasteiger partial charge in [0.15, 0.2) is 0 Å². The third-order valence-electron chi connectivity index (χ3n) is 14.2. The molecule has 4 fully saturated rings. The molecule has 1 amide bonds. The number of sulfonamides is 1. The molecule has 16 nitrogen and oxygen atoms in total.